The molecule has 1 aliphatic rings. The highest BCUT2D eigenvalue weighted by Gasteiger charge is 2.29. The van der Waals surface area contributed by atoms with Crippen LogP contribution in [0.2, 0.25) is 0 Å². The van der Waals surface area contributed by atoms with E-state index < -0.39 is 0 Å². The molecule has 0 bridgehead atoms. The molecule has 0 spiro atoms. The van der Waals surface area contributed by atoms with E-state index >= 15 is 0 Å². The molecule has 2 N–H and O–H groups in total. The fourth-order valence-corrected chi connectivity index (χ4v) is 2.72. The number of aryl methyl sites for hydroxylation is 1. The van der Waals surface area contributed by atoms with Crippen LogP contribution in [0.3, 0.4) is 0 Å². The molecule has 2 aromatic rings. The zero-order chi connectivity index (χ0) is 13.5. The zero-order valence-electron chi connectivity index (χ0n) is 11.5. The van der Waals surface area contributed by atoms with Gasteiger partial charge in [-0.2, -0.15) is 0 Å². The predicted octanol–water partition coefficient (Wildman–Crippen LogP) is 2.87. The summed E-state index contributed by atoms with van der Waals surface area (Å²) in [5, 5.41) is 0. The topological polar surface area (TPSA) is 51.8 Å². The molecule has 3 nitrogen and oxygen atoms in total. The Morgan fingerprint density at radius 2 is 1.79 bits per heavy atom. The molecule has 1 aromatic heterocycles. The summed E-state index contributed by atoms with van der Waals surface area (Å²) in [6.07, 6.45) is 3.19. The van der Waals surface area contributed by atoms with Crippen LogP contribution < -0.4 is 5.73 Å². The molecular formula is C16H19N3. The molecule has 3 heteroatoms. The maximum Gasteiger partial charge on any atom is 0.140 e. The van der Waals surface area contributed by atoms with Gasteiger partial charge in [0.05, 0.1) is 0 Å². The van der Waals surface area contributed by atoms with Gasteiger partial charge < -0.3 is 5.73 Å². The first kappa shape index (κ1) is 12.2. The third-order valence-corrected chi connectivity index (χ3v) is 4.02. The number of fused-ring (bicyclic) bond motifs is 1. The van der Waals surface area contributed by atoms with Crippen molar-refractivity contribution in [2.75, 3.05) is 5.73 Å². The molecule has 19 heavy (non-hydrogen) atoms. The smallest absolute Gasteiger partial charge is 0.140 e. The molecule has 0 amide bonds. The lowest BCUT2D eigenvalue weighted by Crippen LogP contribution is -2.24. The van der Waals surface area contributed by atoms with Gasteiger partial charge in [-0.3, -0.25) is 0 Å². The van der Waals surface area contributed by atoms with E-state index in [4.69, 9.17) is 10.7 Å². The van der Waals surface area contributed by atoms with Crippen molar-refractivity contribution < 1.29 is 0 Å². The molecule has 98 valence electrons. The molecule has 0 aliphatic heterocycles. The fourth-order valence-electron chi connectivity index (χ4n) is 2.72. The first-order valence-corrected chi connectivity index (χ1v) is 6.80. The SMILES string of the molecule is CC(C)(c1ccccc1)c1nc(N)c2c(n1)CCC2. The van der Waals surface area contributed by atoms with Crippen molar-refractivity contribution in [3.05, 3.63) is 53.0 Å². The zero-order valence-corrected chi connectivity index (χ0v) is 11.5. The van der Waals surface area contributed by atoms with Gasteiger partial charge in [-0.1, -0.05) is 30.3 Å². The van der Waals surface area contributed by atoms with Crippen LogP contribution in [0.15, 0.2) is 30.3 Å². The summed E-state index contributed by atoms with van der Waals surface area (Å²) in [5.41, 5.74) is 9.40. The van der Waals surface area contributed by atoms with Gasteiger partial charge in [-0.05, 0) is 38.7 Å². The largest absolute Gasteiger partial charge is 0.383 e. The van der Waals surface area contributed by atoms with Gasteiger partial charge in [0.15, 0.2) is 0 Å². The highest BCUT2D eigenvalue weighted by Crippen LogP contribution is 2.32. The third kappa shape index (κ3) is 1.99. The van der Waals surface area contributed by atoms with Crippen LogP contribution in [-0.4, -0.2) is 9.97 Å². The maximum atomic E-state index is 6.10. The standard InChI is InChI=1S/C16H19N3/c1-16(2,11-7-4-3-5-8-11)15-18-13-10-6-9-12(13)14(17)19-15/h3-5,7-8H,6,9-10H2,1-2H3,(H2,17,18,19). The van der Waals surface area contributed by atoms with Crippen LogP contribution >= 0.6 is 0 Å². The Bertz CT molecular complexity index is 603. The predicted molar refractivity (Wildman–Crippen MR) is 77.0 cm³/mol. The molecule has 0 radical (unpaired) electrons. The Labute approximate surface area is 113 Å². The highest BCUT2D eigenvalue weighted by molar-refractivity contribution is 5.46. The van der Waals surface area contributed by atoms with Crippen molar-refractivity contribution >= 4 is 5.82 Å². The number of anilines is 1. The molecular weight excluding hydrogens is 234 g/mol. The van der Waals surface area contributed by atoms with E-state index in [0.717, 1.165) is 36.3 Å². The average Bonchev–Trinajstić information content (AvgIpc) is 2.88. The normalized spacial score (nSPS) is 14.4. The summed E-state index contributed by atoms with van der Waals surface area (Å²) >= 11 is 0. The van der Waals surface area contributed by atoms with E-state index in [1.807, 2.05) is 18.2 Å². The Hall–Kier alpha value is -1.90. The van der Waals surface area contributed by atoms with Crippen molar-refractivity contribution in [2.45, 2.75) is 38.5 Å². The highest BCUT2D eigenvalue weighted by atomic mass is 15.0. The van der Waals surface area contributed by atoms with E-state index in [2.05, 4.69) is 31.0 Å². The molecule has 0 saturated carbocycles. The van der Waals surface area contributed by atoms with Crippen molar-refractivity contribution in [2.24, 2.45) is 0 Å². The van der Waals surface area contributed by atoms with Gasteiger partial charge in [0, 0.05) is 16.7 Å². The van der Waals surface area contributed by atoms with E-state index in [1.54, 1.807) is 0 Å². The first-order chi connectivity index (χ1) is 9.09. The van der Waals surface area contributed by atoms with Crippen LogP contribution in [-0.2, 0) is 18.3 Å². The van der Waals surface area contributed by atoms with Crippen LogP contribution in [0.25, 0.3) is 0 Å². The van der Waals surface area contributed by atoms with Gasteiger partial charge in [-0.15, -0.1) is 0 Å². The van der Waals surface area contributed by atoms with Gasteiger partial charge in [0.1, 0.15) is 11.6 Å². The summed E-state index contributed by atoms with van der Waals surface area (Å²) in [6, 6.07) is 10.4. The number of hydrogen-bond donors (Lipinski definition) is 1. The van der Waals surface area contributed by atoms with Crippen molar-refractivity contribution in [1.82, 2.24) is 9.97 Å². The minimum absolute atomic E-state index is 0.215. The van der Waals surface area contributed by atoms with E-state index in [9.17, 15) is 0 Å². The monoisotopic (exact) mass is 253 g/mol. The first-order valence-electron chi connectivity index (χ1n) is 6.80. The van der Waals surface area contributed by atoms with Crippen molar-refractivity contribution in [3.8, 4) is 0 Å². The van der Waals surface area contributed by atoms with Crippen LogP contribution in [0.4, 0.5) is 5.82 Å². The Kier molecular flexibility index (Phi) is 2.77. The Morgan fingerprint density at radius 1 is 1.05 bits per heavy atom. The summed E-state index contributed by atoms with van der Waals surface area (Å²) in [6.45, 7) is 4.30. The number of nitrogens with zero attached hydrogens (tertiary/aromatic N) is 2. The second-order valence-corrected chi connectivity index (χ2v) is 5.70. The van der Waals surface area contributed by atoms with E-state index in [1.165, 1.54) is 5.56 Å². The summed E-state index contributed by atoms with van der Waals surface area (Å²) in [5.74, 6) is 1.50. The van der Waals surface area contributed by atoms with Crippen LogP contribution in [0, 0.1) is 0 Å². The summed E-state index contributed by atoms with van der Waals surface area (Å²) < 4.78 is 0. The Balaban J connectivity index is 2.09. The minimum Gasteiger partial charge on any atom is -0.383 e. The fraction of sp³-hybridized carbons (Fsp3) is 0.375. The molecule has 0 saturated heterocycles. The summed E-state index contributed by atoms with van der Waals surface area (Å²) in [4.78, 5) is 9.33. The maximum absolute atomic E-state index is 6.10. The number of nitrogen functional groups attached to an aromatic ring is 1. The molecule has 0 unspecified atom stereocenters. The molecule has 0 fully saturated rings. The van der Waals surface area contributed by atoms with Gasteiger partial charge in [0.25, 0.3) is 0 Å². The lowest BCUT2D eigenvalue weighted by molar-refractivity contribution is 0.587. The quantitative estimate of drug-likeness (QED) is 0.895. The van der Waals surface area contributed by atoms with E-state index in [-0.39, 0.29) is 5.41 Å². The lowest BCUT2D eigenvalue weighted by atomic mass is 9.83. The molecule has 1 aromatic carbocycles. The summed E-state index contributed by atoms with van der Waals surface area (Å²) in [7, 11) is 0. The average molecular weight is 253 g/mol. The number of rotatable bonds is 2. The number of aromatic nitrogens is 2. The van der Waals surface area contributed by atoms with Crippen LogP contribution in [0.5, 0.6) is 0 Å². The molecule has 1 aliphatic carbocycles. The number of hydrogen-bond acceptors (Lipinski definition) is 3. The van der Waals surface area contributed by atoms with E-state index in [0.29, 0.717) is 5.82 Å². The number of benzene rings is 1. The van der Waals surface area contributed by atoms with Gasteiger partial charge in [0.2, 0.25) is 0 Å². The minimum atomic E-state index is -0.215. The molecule has 3 rings (SSSR count). The Morgan fingerprint density at radius 3 is 2.53 bits per heavy atom. The second kappa shape index (κ2) is 4.34. The number of nitrogens with two attached hydrogens (primary N) is 1. The van der Waals surface area contributed by atoms with Gasteiger partial charge in [-0.25, -0.2) is 9.97 Å². The molecule has 1 heterocycles. The third-order valence-electron chi connectivity index (χ3n) is 4.02. The lowest BCUT2D eigenvalue weighted by Gasteiger charge is -2.24. The van der Waals surface area contributed by atoms with Crippen LogP contribution in [0.1, 0.15) is 42.9 Å². The second-order valence-electron chi connectivity index (χ2n) is 5.70. The van der Waals surface area contributed by atoms with Crippen molar-refractivity contribution in [3.63, 3.8) is 0 Å². The molecule has 0 atom stereocenters. The van der Waals surface area contributed by atoms with Gasteiger partial charge >= 0.3 is 0 Å². The van der Waals surface area contributed by atoms with Crippen molar-refractivity contribution in [1.29, 1.82) is 0 Å².